The van der Waals surface area contributed by atoms with Gasteiger partial charge in [0.25, 0.3) is 0 Å². The summed E-state index contributed by atoms with van der Waals surface area (Å²) in [7, 11) is -1.92. The Morgan fingerprint density at radius 3 is 2.74 bits per heavy atom. The van der Waals surface area contributed by atoms with Crippen LogP contribution >= 0.6 is 23.4 Å². The fourth-order valence-corrected chi connectivity index (χ4v) is 4.36. The molecule has 0 unspecified atom stereocenters. The molecule has 1 aliphatic rings. The highest BCUT2D eigenvalue weighted by Gasteiger charge is 2.25. The predicted molar refractivity (Wildman–Crippen MR) is 95.3 cm³/mol. The smallest absolute Gasteiger partial charge is 0.237 e. The van der Waals surface area contributed by atoms with Crippen molar-refractivity contribution < 1.29 is 13.2 Å². The fraction of sp³-hybridized carbons (Fsp3) is 0.533. The molecule has 128 valence electrons. The van der Waals surface area contributed by atoms with Gasteiger partial charge in [-0.15, -0.1) is 0 Å². The topological polar surface area (TPSA) is 57.7 Å². The van der Waals surface area contributed by atoms with E-state index >= 15 is 0 Å². The molecule has 1 aliphatic heterocycles. The number of amides is 1. The molecule has 1 heterocycles. The summed E-state index contributed by atoms with van der Waals surface area (Å²) in [5.41, 5.74) is 1.10. The van der Waals surface area contributed by atoms with Crippen LogP contribution in [0.3, 0.4) is 0 Å². The second-order valence-corrected chi connectivity index (χ2v) is 9.38. The lowest BCUT2D eigenvalue weighted by molar-refractivity contribution is -0.130. The standard InChI is InChI=1S/C15H21ClN2O3S2/c1-17(23(2,20)21)11-15(19)18-8-7-14(22-10-9-18)12-5-3-4-6-13(12)16/h3-6,14H,7-11H2,1-2H3/t14-/m0/s1. The molecule has 1 fully saturated rings. The van der Waals surface area contributed by atoms with Gasteiger partial charge in [-0.05, 0) is 18.1 Å². The van der Waals surface area contributed by atoms with Crippen LogP contribution in [0.5, 0.6) is 0 Å². The second-order valence-electron chi connectivity index (χ2n) is 5.57. The van der Waals surface area contributed by atoms with Gasteiger partial charge < -0.3 is 4.90 Å². The van der Waals surface area contributed by atoms with Crippen molar-refractivity contribution in [1.29, 1.82) is 0 Å². The van der Waals surface area contributed by atoms with E-state index in [0.717, 1.165) is 33.3 Å². The number of thioether (sulfide) groups is 1. The largest absolute Gasteiger partial charge is 0.341 e. The molecule has 0 N–H and O–H groups in total. The molecule has 5 nitrogen and oxygen atoms in total. The van der Waals surface area contributed by atoms with Crippen molar-refractivity contribution in [3.63, 3.8) is 0 Å². The maximum Gasteiger partial charge on any atom is 0.237 e. The second kappa shape index (κ2) is 7.88. The third-order valence-corrected chi connectivity index (χ3v) is 6.79. The Kier molecular flexibility index (Phi) is 6.36. The first-order valence-electron chi connectivity index (χ1n) is 7.34. The molecule has 0 spiro atoms. The minimum absolute atomic E-state index is 0.111. The van der Waals surface area contributed by atoms with Crippen LogP contribution in [0, 0.1) is 0 Å². The van der Waals surface area contributed by atoms with Crippen molar-refractivity contribution in [2.45, 2.75) is 11.7 Å². The molecule has 0 saturated carbocycles. The van der Waals surface area contributed by atoms with Crippen molar-refractivity contribution in [3.05, 3.63) is 34.9 Å². The zero-order valence-corrected chi connectivity index (χ0v) is 15.6. The van der Waals surface area contributed by atoms with Crippen LogP contribution in [0.2, 0.25) is 5.02 Å². The number of hydrogen-bond acceptors (Lipinski definition) is 4. The maximum absolute atomic E-state index is 12.3. The number of halogens is 1. The number of rotatable bonds is 4. The van der Waals surface area contributed by atoms with E-state index in [2.05, 4.69) is 0 Å². The third kappa shape index (κ3) is 5.11. The van der Waals surface area contributed by atoms with E-state index in [0.29, 0.717) is 13.1 Å². The third-order valence-electron chi connectivity index (χ3n) is 3.87. The number of nitrogens with zero attached hydrogens (tertiary/aromatic N) is 2. The van der Waals surface area contributed by atoms with Crippen molar-refractivity contribution in [2.75, 3.05) is 38.7 Å². The normalized spacial score (nSPS) is 19.7. The molecule has 0 radical (unpaired) electrons. The van der Waals surface area contributed by atoms with Gasteiger partial charge >= 0.3 is 0 Å². The SMILES string of the molecule is CN(CC(=O)N1CCS[C@H](c2ccccc2Cl)CC1)S(C)(=O)=O. The number of carbonyl (C=O) groups is 1. The molecule has 0 bridgehead atoms. The van der Waals surface area contributed by atoms with Gasteiger partial charge in [0.05, 0.1) is 12.8 Å². The van der Waals surface area contributed by atoms with E-state index in [1.807, 2.05) is 24.3 Å². The molecule has 0 aliphatic carbocycles. The summed E-state index contributed by atoms with van der Waals surface area (Å²) >= 11 is 8.05. The van der Waals surface area contributed by atoms with Gasteiger partial charge in [0.15, 0.2) is 0 Å². The minimum atomic E-state index is -3.34. The lowest BCUT2D eigenvalue weighted by atomic mass is 10.1. The molecule has 23 heavy (non-hydrogen) atoms. The van der Waals surface area contributed by atoms with E-state index in [-0.39, 0.29) is 17.7 Å². The zero-order chi connectivity index (χ0) is 17.0. The van der Waals surface area contributed by atoms with Crippen LogP contribution in [0.15, 0.2) is 24.3 Å². The molecule has 1 saturated heterocycles. The van der Waals surface area contributed by atoms with E-state index in [1.165, 1.54) is 7.05 Å². The van der Waals surface area contributed by atoms with Gasteiger partial charge in [0.1, 0.15) is 0 Å². The van der Waals surface area contributed by atoms with Gasteiger partial charge in [-0.3, -0.25) is 4.79 Å². The van der Waals surface area contributed by atoms with Crippen molar-refractivity contribution in [2.24, 2.45) is 0 Å². The predicted octanol–water partition coefficient (Wildman–Crippen LogP) is 2.24. The Balaban J connectivity index is 1.99. The summed E-state index contributed by atoms with van der Waals surface area (Å²) in [6, 6.07) is 7.78. The molecule has 8 heteroatoms. The summed E-state index contributed by atoms with van der Waals surface area (Å²) in [5, 5.41) is 1.01. The molecule has 2 rings (SSSR count). The monoisotopic (exact) mass is 376 g/mol. The van der Waals surface area contributed by atoms with Gasteiger partial charge in [-0.1, -0.05) is 29.8 Å². The molecular formula is C15H21ClN2O3S2. The highest BCUT2D eigenvalue weighted by Crippen LogP contribution is 2.37. The first-order valence-corrected chi connectivity index (χ1v) is 10.6. The average molecular weight is 377 g/mol. The highest BCUT2D eigenvalue weighted by molar-refractivity contribution is 7.99. The molecule has 1 aromatic carbocycles. The van der Waals surface area contributed by atoms with E-state index in [9.17, 15) is 13.2 Å². The van der Waals surface area contributed by atoms with Crippen molar-refractivity contribution in [3.8, 4) is 0 Å². The average Bonchev–Trinajstić information content (AvgIpc) is 2.72. The summed E-state index contributed by atoms with van der Waals surface area (Å²) in [4.78, 5) is 14.0. The number of carbonyl (C=O) groups excluding carboxylic acids is 1. The number of likely N-dealkylation sites (N-methyl/N-ethyl adjacent to an activating group) is 1. The van der Waals surface area contributed by atoms with Crippen LogP contribution in [0.4, 0.5) is 0 Å². The fourth-order valence-electron chi connectivity index (χ4n) is 2.41. The Labute approximate surface area is 147 Å². The van der Waals surface area contributed by atoms with Gasteiger partial charge in [0, 0.05) is 36.2 Å². The lowest BCUT2D eigenvalue weighted by Crippen LogP contribution is -2.41. The minimum Gasteiger partial charge on any atom is -0.341 e. The van der Waals surface area contributed by atoms with Gasteiger partial charge in [0.2, 0.25) is 15.9 Å². The highest BCUT2D eigenvalue weighted by atomic mass is 35.5. The Morgan fingerprint density at radius 2 is 2.09 bits per heavy atom. The maximum atomic E-state index is 12.3. The van der Waals surface area contributed by atoms with Crippen molar-refractivity contribution in [1.82, 2.24) is 9.21 Å². The summed E-state index contributed by atoms with van der Waals surface area (Å²) in [5.74, 6) is 0.655. The van der Waals surface area contributed by atoms with E-state index < -0.39 is 10.0 Å². The van der Waals surface area contributed by atoms with E-state index in [1.54, 1.807) is 16.7 Å². The summed E-state index contributed by atoms with van der Waals surface area (Å²) in [6.07, 6.45) is 1.91. The van der Waals surface area contributed by atoms with Crippen LogP contribution in [0.25, 0.3) is 0 Å². The first kappa shape index (κ1) is 18.6. The van der Waals surface area contributed by atoms with Crippen LogP contribution < -0.4 is 0 Å². The Morgan fingerprint density at radius 1 is 1.39 bits per heavy atom. The molecule has 1 atom stereocenters. The Bertz CT molecular complexity index is 666. The molecule has 0 aromatic heterocycles. The molecular weight excluding hydrogens is 356 g/mol. The van der Waals surface area contributed by atoms with Gasteiger partial charge in [-0.25, -0.2) is 8.42 Å². The molecule has 1 amide bonds. The summed E-state index contributed by atoms with van der Waals surface area (Å²) < 4.78 is 23.9. The Hall–Kier alpha value is -0.760. The van der Waals surface area contributed by atoms with E-state index in [4.69, 9.17) is 11.6 Å². The first-order chi connectivity index (χ1) is 10.8. The number of sulfonamides is 1. The number of benzene rings is 1. The van der Waals surface area contributed by atoms with Crippen LogP contribution in [0.1, 0.15) is 17.2 Å². The van der Waals surface area contributed by atoms with Crippen LogP contribution in [-0.4, -0.2) is 62.2 Å². The molecule has 1 aromatic rings. The van der Waals surface area contributed by atoms with Crippen LogP contribution in [-0.2, 0) is 14.8 Å². The number of hydrogen-bond donors (Lipinski definition) is 0. The summed E-state index contributed by atoms with van der Waals surface area (Å²) in [6.45, 7) is 1.13. The quantitative estimate of drug-likeness (QED) is 0.808. The van der Waals surface area contributed by atoms with Gasteiger partial charge in [-0.2, -0.15) is 16.1 Å². The van der Waals surface area contributed by atoms with Crippen molar-refractivity contribution >= 4 is 39.3 Å². The lowest BCUT2D eigenvalue weighted by Gasteiger charge is -2.23. The zero-order valence-electron chi connectivity index (χ0n) is 13.2.